The monoisotopic (exact) mass is 276 g/mol. The zero-order valence-corrected chi connectivity index (χ0v) is 11.8. The number of amides is 1. The summed E-state index contributed by atoms with van der Waals surface area (Å²) in [6.45, 7) is 2.25. The predicted molar refractivity (Wildman–Crippen MR) is 78.4 cm³/mol. The maximum atomic E-state index is 14.2. The number of fused-ring (bicyclic) bond motifs is 1. The minimum atomic E-state index is -0.210. The Balaban J connectivity index is 1.79. The molecule has 0 spiro atoms. The molecule has 1 heterocycles. The predicted octanol–water partition coefficient (Wildman–Crippen LogP) is 3.70. The molecule has 3 nitrogen and oxygen atoms in total. The molecule has 1 aromatic rings. The van der Waals surface area contributed by atoms with Crippen molar-refractivity contribution >= 4 is 17.3 Å². The summed E-state index contributed by atoms with van der Waals surface area (Å²) in [5.41, 5.74) is 2.17. The molecular formula is C16H21FN2O. The van der Waals surface area contributed by atoms with E-state index in [2.05, 4.69) is 17.6 Å². The van der Waals surface area contributed by atoms with Gasteiger partial charge in [-0.2, -0.15) is 0 Å². The summed E-state index contributed by atoms with van der Waals surface area (Å²) in [6, 6.07) is 3.65. The Labute approximate surface area is 118 Å². The molecule has 3 rings (SSSR count). The molecule has 0 aromatic heterocycles. The van der Waals surface area contributed by atoms with Crippen LogP contribution in [0.2, 0.25) is 0 Å². The van der Waals surface area contributed by atoms with Crippen molar-refractivity contribution in [3.63, 3.8) is 0 Å². The molecule has 2 unspecified atom stereocenters. The number of halogens is 1. The highest BCUT2D eigenvalue weighted by atomic mass is 19.1. The van der Waals surface area contributed by atoms with Gasteiger partial charge in [-0.3, -0.25) is 4.79 Å². The van der Waals surface area contributed by atoms with Crippen molar-refractivity contribution in [2.75, 3.05) is 10.6 Å². The van der Waals surface area contributed by atoms with Crippen LogP contribution in [0.15, 0.2) is 12.1 Å². The molecule has 1 aliphatic heterocycles. The summed E-state index contributed by atoms with van der Waals surface area (Å²) in [6.07, 6.45) is 5.71. The van der Waals surface area contributed by atoms with Gasteiger partial charge in [-0.1, -0.05) is 19.8 Å². The van der Waals surface area contributed by atoms with Crippen LogP contribution in [0.5, 0.6) is 0 Å². The number of hydrogen-bond donors (Lipinski definition) is 2. The number of aryl methyl sites for hydroxylation is 1. The number of carbonyl (C=O) groups excluding carboxylic acids is 1. The Morgan fingerprint density at radius 1 is 1.30 bits per heavy atom. The topological polar surface area (TPSA) is 41.1 Å². The lowest BCUT2D eigenvalue weighted by Crippen LogP contribution is -2.27. The van der Waals surface area contributed by atoms with Crippen LogP contribution in [-0.4, -0.2) is 11.9 Å². The Morgan fingerprint density at radius 3 is 2.95 bits per heavy atom. The van der Waals surface area contributed by atoms with Crippen molar-refractivity contribution in [3.05, 3.63) is 23.5 Å². The minimum absolute atomic E-state index is 0.0151. The Hall–Kier alpha value is -1.58. The number of carbonyl (C=O) groups is 1. The van der Waals surface area contributed by atoms with E-state index in [0.717, 1.165) is 24.1 Å². The van der Waals surface area contributed by atoms with Crippen molar-refractivity contribution in [2.24, 2.45) is 5.92 Å². The van der Waals surface area contributed by atoms with Gasteiger partial charge in [0.15, 0.2) is 0 Å². The molecule has 4 heteroatoms. The van der Waals surface area contributed by atoms with Crippen LogP contribution in [0.25, 0.3) is 0 Å². The first-order valence-corrected chi connectivity index (χ1v) is 7.50. The van der Waals surface area contributed by atoms with E-state index in [9.17, 15) is 9.18 Å². The Bertz CT molecular complexity index is 529. The highest BCUT2D eigenvalue weighted by molar-refractivity contribution is 5.94. The van der Waals surface area contributed by atoms with Crippen molar-refractivity contribution in [3.8, 4) is 0 Å². The van der Waals surface area contributed by atoms with Gasteiger partial charge in [0.05, 0.1) is 5.69 Å². The van der Waals surface area contributed by atoms with Gasteiger partial charge in [-0.05, 0) is 42.9 Å². The molecule has 1 fully saturated rings. The van der Waals surface area contributed by atoms with Crippen molar-refractivity contribution < 1.29 is 9.18 Å². The fraction of sp³-hybridized carbons (Fsp3) is 0.562. The Morgan fingerprint density at radius 2 is 2.15 bits per heavy atom. The highest BCUT2D eigenvalue weighted by Gasteiger charge is 2.22. The maximum Gasteiger partial charge on any atom is 0.224 e. The van der Waals surface area contributed by atoms with Gasteiger partial charge in [-0.25, -0.2) is 4.39 Å². The maximum absolute atomic E-state index is 14.2. The average molecular weight is 276 g/mol. The molecule has 0 saturated heterocycles. The van der Waals surface area contributed by atoms with Crippen LogP contribution < -0.4 is 10.6 Å². The number of nitrogens with one attached hydrogen (secondary N) is 2. The summed E-state index contributed by atoms with van der Waals surface area (Å²) in [5, 5.41) is 6.15. The number of hydrogen-bond acceptors (Lipinski definition) is 2. The van der Waals surface area contributed by atoms with Crippen LogP contribution in [0.4, 0.5) is 15.8 Å². The van der Waals surface area contributed by atoms with E-state index >= 15 is 0 Å². The van der Waals surface area contributed by atoms with Gasteiger partial charge in [0, 0.05) is 18.2 Å². The highest BCUT2D eigenvalue weighted by Crippen LogP contribution is 2.31. The molecule has 1 saturated carbocycles. The van der Waals surface area contributed by atoms with Gasteiger partial charge in [-0.15, -0.1) is 0 Å². The van der Waals surface area contributed by atoms with Crippen molar-refractivity contribution in [1.29, 1.82) is 0 Å². The molecule has 2 atom stereocenters. The number of rotatable bonds is 2. The molecule has 0 bridgehead atoms. The van der Waals surface area contributed by atoms with Crippen LogP contribution in [0, 0.1) is 11.7 Å². The average Bonchev–Trinajstić information content (AvgIpc) is 2.40. The van der Waals surface area contributed by atoms with E-state index in [1.54, 1.807) is 12.1 Å². The third kappa shape index (κ3) is 2.79. The van der Waals surface area contributed by atoms with Crippen LogP contribution >= 0.6 is 0 Å². The lowest BCUT2D eigenvalue weighted by molar-refractivity contribution is -0.116. The standard InChI is InChI=1S/C16H21FN2O/c1-10-3-2-4-12(7-10)18-15-9-14-11(8-13(15)17)5-6-16(20)19-14/h8-10,12,18H,2-7H2,1H3,(H,19,20). The fourth-order valence-electron chi connectivity index (χ4n) is 3.29. The smallest absolute Gasteiger partial charge is 0.224 e. The van der Waals surface area contributed by atoms with Gasteiger partial charge in [0.2, 0.25) is 5.91 Å². The van der Waals surface area contributed by atoms with Gasteiger partial charge < -0.3 is 10.6 Å². The molecule has 2 N–H and O–H groups in total. The summed E-state index contributed by atoms with van der Waals surface area (Å²) >= 11 is 0. The zero-order valence-electron chi connectivity index (χ0n) is 11.8. The van der Waals surface area contributed by atoms with Crippen molar-refractivity contribution in [1.82, 2.24) is 0 Å². The SMILES string of the molecule is CC1CCCC(Nc2cc3c(cc2F)CCC(=O)N3)C1. The quantitative estimate of drug-likeness (QED) is 0.864. The second kappa shape index (κ2) is 5.43. The molecule has 1 aromatic carbocycles. The van der Waals surface area contributed by atoms with E-state index in [-0.39, 0.29) is 11.7 Å². The zero-order chi connectivity index (χ0) is 14.1. The molecular weight excluding hydrogens is 255 g/mol. The van der Waals surface area contributed by atoms with Gasteiger partial charge >= 0.3 is 0 Å². The van der Waals surface area contributed by atoms with Crippen LogP contribution in [-0.2, 0) is 11.2 Å². The van der Waals surface area contributed by atoms with Crippen molar-refractivity contribution in [2.45, 2.75) is 51.5 Å². The molecule has 20 heavy (non-hydrogen) atoms. The fourth-order valence-corrected chi connectivity index (χ4v) is 3.29. The van der Waals surface area contributed by atoms with E-state index in [4.69, 9.17) is 0 Å². The summed E-state index contributed by atoms with van der Waals surface area (Å²) in [7, 11) is 0. The van der Waals surface area contributed by atoms with Gasteiger partial charge in [0.1, 0.15) is 5.82 Å². The molecule has 1 amide bonds. The number of benzene rings is 1. The van der Waals surface area contributed by atoms with E-state index in [0.29, 0.717) is 30.5 Å². The second-order valence-electron chi connectivity index (χ2n) is 6.15. The summed E-state index contributed by atoms with van der Waals surface area (Å²) < 4.78 is 14.2. The molecule has 1 aliphatic carbocycles. The second-order valence-corrected chi connectivity index (χ2v) is 6.15. The largest absolute Gasteiger partial charge is 0.380 e. The van der Waals surface area contributed by atoms with E-state index < -0.39 is 0 Å². The third-order valence-corrected chi connectivity index (χ3v) is 4.38. The molecule has 0 radical (unpaired) electrons. The first kappa shape index (κ1) is 13.4. The first-order valence-electron chi connectivity index (χ1n) is 7.50. The Kier molecular flexibility index (Phi) is 3.64. The van der Waals surface area contributed by atoms with Crippen LogP contribution in [0.1, 0.15) is 44.6 Å². The normalized spacial score (nSPS) is 25.8. The number of anilines is 2. The lowest BCUT2D eigenvalue weighted by atomic mass is 9.87. The molecule has 2 aliphatic rings. The lowest BCUT2D eigenvalue weighted by Gasteiger charge is -2.29. The minimum Gasteiger partial charge on any atom is -0.380 e. The summed E-state index contributed by atoms with van der Waals surface area (Å²) in [5.74, 6) is 0.501. The molecule has 108 valence electrons. The van der Waals surface area contributed by atoms with Gasteiger partial charge in [0.25, 0.3) is 0 Å². The summed E-state index contributed by atoms with van der Waals surface area (Å²) in [4.78, 5) is 11.4. The van der Waals surface area contributed by atoms with E-state index in [1.807, 2.05) is 0 Å². The first-order chi connectivity index (χ1) is 9.61. The van der Waals surface area contributed by atoms with Crippen LogP contribution in [0.3, 0.4) is 0 Å². The third-order valence-electron chi connectivity index (χ3n) is 4.38. The van der Waals surface area contributed by atoms with E-state index in [1.165, 1.54) is 12.8 Å².